The third-order valence-corrected chi connectivity index (χ3v) is 5.51. The van der Waals surface area contributed by atoms with E-state index in [0.29, 0.717) is 23.9 Å². The van der Waals surface area contributed by atoms with Crippen LogP contribution in [0.1, 0.15) is 101 Å². The quantitative estimate of drug-likeness (QED) is 0.400. The van der Waals surface area contributed by atoms with Gasteiger partial charge in [0.2, 0.25) is 11.8 Å². The molecule has 0 fully saturated rings. The van der Waals surface area contributed by atoms with Crippen molar-refractivity contribution in [3.8, 4) is 0 Å². The van der Waals surface area contributed by atoms with Gasteiger partial charge in [0.25, 0.3) is 0 Å². The summed E-state index contributed by atoms with van der Waals surface area (Å²) in [6.45, 7) is 19.7. The SMILES string of the molecule is CC(=O)N[C@@H](CCC(N)=O)C(=O)OCC(CCC(C)CC(C)(C)C)C(C)CC(C)(C)C. The van der Waals surface area contributed by atoms with Gasteiger partial charge in [-0.25, -0.2) is 4.79 Å². The van der Waals surface area contributed by atoms with E-state index in [1.807, 2.05) is 0 Å². The van der Waals surface area contributed by atoms with E-state index in [-0.39, 0.29) is 30.1 Å². The van der Waals surface area contributed by atoms with Crippen molar-refractivity contribution in [3.63, 3.8) is 0 Å². The van der Waals surface area contributed by atoms with Gasteiger partial charge in [-0.05, 0) is 54.3 Å². The summed E-state index contributed by atoms with van der Waals surface area (Å²) >= 11 is 0. The van der Waals surface area contributed by atoms with Crippen LogP contribution in [-0.4, -0.2) is 30.4 Å². The first-order valence-electron chi connectivity index (χ1n) is 11.7. The summed E-state index contributed by atoms with van der Waals surface area (Å²) in [4.78, 5) is 35.2. The summed E-state index contributed by atoms with van der Waals surface area (Å²) in [6.07, 6.45) is 4.45. The van der Waals surface area contributed by atoms with Gasteiger partial charge in [0.05, 0.1) is 6.61 Å². The summed E-state index contributed by atoms with van der Waals surface area (Å²) in [5.74, 6) is -0.0817. The number of rotatable bonds is 13. The maximum atomic E-state index is 12.6. The number of carbonyl (C=O) groups excluding carboxylic acids is 3. The Hall–Kier alpha value is -1.59. The predicted molar refractivity (Wildman–Crippen MR) is 126 cm³/mol. The van der Waals surface area contributed by atoms with Crippen molar-refractivity contribution in [2.45, 2.75) is 107 Å². The molecule has 6 nitrogen and oxygen atoms in total. The zero-order valence-electron chi connectivity index (χ0n) is 21.5. The number of amides is 2. The summed E-state index contributed by atoms with van der Waals surface area (Å²) in [5.41, 5.74) is 5.69. The molecule has 0 aromatic carbocycles. The number of nitrogens with two attached hydrogens (primary N) is 1. The lowest BCUT2D eigenvalue weighted by Gasteiger charge is -2.31. The molecule has 0 aliphatic carbocycles. The molecular weight excluding hydrogens is 392 g/mol. The maximum absolute atomic E-state index is 12.6. The normalized spacial score (nSPS) is 16.2. The fourth-order valence-electron chi connectivity index (χ4n) is 4.38. The largest absolute Gasteiger partial charge is 0.464 e. The fraction of sp³-hybridized carbons (Fsp3) is 0.880. The van der Waals surface area contributed by atoms with E-state index >= 15 is 0 Å². The molecule has 2 amide bonds. The van der Waals surface area contributed by atoms with Crippen molar-refractivity contribution < 1.29 is 19.1 Å². The minimum absolute atomic E-state index is 0.0220. The molecule has 0 aliphatic rings. The zero-order chi connectivity index (χ0) is 24.4. The van der Waals surface area contributed by atoms with Gasteiger partial charge in [0.1, 0.15) is 6.04 Å². The number of primary amides is 1. The van der Waals surface area contributed by atoms with Crippen LogP contribution in [0.3, 0.4) is 0 Å². The van der Waals surface area contributed by atoms with Crippen LogP contribution in [0.2, 0.25) is 0 Å². The Morgan fingerprint density at radius 2 is 1.45 bits per heavy atom. The first kappa shape index (κ1) is 29.4. The molecular formula is C25H48N2O4. The van der Waals surface area contributed by atoms with Crippen LogP contribution in [0.25, 0.3) is 0 Å². The number of nitrogens with one attached hydrogen (secondary N) is 1. The third-order valence-electron chi connectivity index (χ3n) is 5.51. The van der Waals surface area contributed by atoms with Gasteiger partial charge in [-0.3, -0.25) is 9.59 Å². The number of hydrogen-bond donors (Lipinski definition) is 2. The third kappa shape index (κ3) is 15.8. The minimum atomic E-state index is -0.844. The average molecular weight is 441 g/mol. The molecule has 0 aromatic heterocycles. The molecule has 182 valence electrons. The van der Waals surface area contributed by atoms with Crippen LogP contribution in [0.15, 0.2) is 0 Å². The molecule has 4 atom stereocenters. The molecule has 0 heterocycles. The Balaban J connectivity index is 5.11. The fourth-order valence-corrected chi connectivity index (χ4v) is 4.38. The van der Waals surface area contributed by atoms with Crippen molar-refractivity contribution in [1.82, 2.24) is 5.32 Å². The van der Waals surface area contributed by atoms with Crippen LogP contribution in [0.5, 0.6) is 0 Å². The van der Waals surface area contributed by atoms with Crippen LogP contribution in [0, 0.1) is 28.6 Å². The van der Waals surface area contributed by atoms with Gasteiger partial charge in [0.15, 0.2) is 0 Å². The van der Waals surface area contributed by atoms with E-state index in [9.17, 15) is 14.4 Å². The Bertz CT molecular complexity index is 575. The van der Waals surface area contributed by atoms with Crippen molar-refractivity contribution >= 4 is 17.8 Å². The van der Waals surface area contributed by atoms with Crippen LogP contribution in [0.4, 0.5) is 0 Å². The highest BCUT2D eigenvalue weighted by atomic mass is 16.5. The van der Waals surface area contributed by atoms with Crippen LogP contribution in [-0.2, 0) is 19.1 Å². The molecule has 0 saturated heterocycles. The predicted octanol–water partition coefficient (Wildman–Crippen LogP) is 4.84. The molecule has 0 aliphatic heterocycles. The second-order valence-corrected chi connectivity index (χ2v) is 11.8. The van der Waals surface area contributed by atoms with E-state index in [4.69, 9.17) is 10.5 Å². The van der Waals surface area contributed by atoms with Gasteiger partial charge in [-0.2, -0.15) is 0 Å². The number of esters is 1. The standard InChI is InChI=1S/C25H48N2O4/c1-17(14-24(4,5)6)10-11-20(18(2)15-25(7,8)9)16-31-23(30)21(27-19(3)28)12-13-22(26)29/h17-18,20-21H,10-16H2,1-9H3,(H2,26,29)(H,27,28)/t17?,18?,20?,21-/m0/s1. The molecule has 0 rings (SSSR count). The lowest BCUT2D eigenvalue weighted by molar-refractivity contribution is -0.150. The monoisotopic (exact) mass is 440 g/mol. The van der Waals surface area contributed by atoms with E-state index in [1.54, 1.807) is 0 Å². The molecule has 3 unspecified atom stereocenters. The van der Waals surface area contributed by atoms with Crippen molar-refractivity contribution in [2.75, 3.05) is 6.61 Å². The second-order valence-electron chi connectivity index (χ2n) is 11.8. The summed E-state index contributed by atoms with van der Waals surface area (Å²) in [6, 6.07) is -0.844. The lowest BCUT2D eigenvalue weighted by atomic mass is 9.76. The summed E-state index contributed by atoms with van der Waals surface area (Å²) in [5, 5.41) is 2.58. The van der Waals surface area contributed by atoms with E-state index < -0.39 is 17.9 Å². The lowest BCUT2D eigenvalue weighted by Crippen LogP contribution is -2.42. The molecule has 0 saturated carbocycles. The highest BCUT2D eigenvalue weighted by molar-refractivity contribution is 5.84. The van der Waals surface area contributed by atoms with E-state index in [1.165, 1.54) is 6.92 Å². The first-order chi connectivity index (χ1) is 14.0. The molecule has 31 heavy (non-hydrogen) atoms. The van der Waals surface area contributed by atoms with Gasteiger partial charge in [-0.15, -0.1) is 0 Å². The molecule has 3 N–H and O–H groups in total. The molecule has 0 aromatic rings. The molecule has 0 spiro atoms. The van der Waals surface area contributed by atoms with E-state index in [2.05, 4.69) is 60.7 Å². The number of carbonyl (C=O) groups is 3. The molecule has 0 radical (unpaired) electrons. The summed E-state index contributed by atoms with van der Waals surface area (Å²) in [7, 11) is 0. The van der Waals surface area contributed by atoms with Crippen molar-refractivity contribution in [1.29, 1.82) is 0 Å². The zero-order valence-corrected chi connectivity index (χ0v) is 21.5. The first-order valence-corrected chi connectivity index (χ1v) is 11.7. The number of hydrogen-bond acceptors (Lipinski definition) is 4. The summed E-state index contributed by atoms with van der Waals surface area (Å²) < 4.78 is 5.66. The van der Waals surface area contributed by atoms with Gasteiger partial charge >= 0.3 is 5.97 Å². The Morgan fingerprint density at radius 1 is 0.903 bits per heavy atom. The highest BCUT2D eigenvalue weighted by Crippen LogP contribution is 2.33. The minimum Gasteiger partial charge on any atom is -0.464 e. The highest BCUT2D eigenvalue weighted by Gasteiger charge is 2.28. The van der Waals surface area contributed by atoms with Gasteiger partial charge in [-0.1, -0.05) is 61.8 Å². The Morgan fingerprint density at radius 3 is 1.90 bits per heavy atom. The van der Waals surface area contributed by atoms with Crippen molar-refractivity contribution in [2.24, 2.45) is 34.3 Å². The van der Waals surface area contributed by atoms with Crippen LogP contribution < -0.4 is 11.1 Å². The van der Waals surface area contributed by atoms with E-state index in [0.717, 1.165) is 25.7 Å². The van der Waals surface area contributed by atoms with Crippen molar-refractivity contribution in [3.05, 3.63) is 0 Å². The smallest absolute Gasteiger partial charge is 0.328 e. The average Bonchev–Trinajstić information content (AvgIpc) is 2.54. The Labute approximate surface area is 190 Å². The molecule has 0 bridgehead atoms. The second kappa shape index (κ2) is 13.1. The molecule has 6 heteroatoms. The van der Waals surface area contributed by atoms with Gasteiger partial charge < -0.3 is 15.8 Å². The van der Waals surface area contributed by atoms with Gasteiger partial charge in [0, 0.05) is 13.3 Å². The van der Waals surface area contributed by atoms with Crippen LogP contribution >= 0.6 is 0 Å². The number of ether oxygens (including phenoxy) is 1. The maximum Gasteiger partial charge on any atom is 0.328 e. The Kier molecular flexibility index (Phi) is 12.4. The topological polar surface area (TPSA) is 98.5 Å².